The molecule has 0 aliphatic carbocycles. The molecular weight excluding hydrogens is 261 g/mol. The van der Waals surface area contributed by atoms with Crippen molar-refractivity contribution in [2.75, 3.05) is 5.32 Å². The van der Waals surface area contributed by atoms with Crippen LogP contribution in [0.3, 0.4) is 0 Å². The van der Waals surface area contributed by atoms with Crippen LogP contribution in [0.15, 0.2) is 42.6 Å². The van der Waals surface area contributed by atoms with Crippen molar-refractivity contribution in [3.63, 3.8) is 0 Å². The average Bonchev–Trinajstić information content (AvgIpc) is 2.46. The van der Waals surface area contributed by atoms with E-state index in [9.17, 15) is 14.5 Å². The van der Waals surface area contributed by atoms with Crippen LogP contribution in [0, 0.1) is 15.9 Å². The molecule has 1 heterocycles. The van der Waals surface area contributed by atoms with Gasteiger partial charge in [0, 0.05) is 6.07 Å². The number of hydrogen-bond acceptors (Lipinski definition) is 4. The van der Waals surface area contributed by atoms with Crippen LogP contribution < -0.4 is 5.32 Å². The Hall–Kier alpha value is -2.50. The van der Waals surface area contributed by atoms with Crippen LogP contribution in [0.4, 0.5) is 15.8 Å². The maximum atomic E-state index is 12.9. The minimum Gasteiger partial charge on any atom is -0.371 e. The van der Waals surface area contributed by atoms with E-state index < -0.39 is 10.7 Å². The second kappa shape index (κ2) is 6.10. The van der Waals surface area contributed by atoms with Gasteiger partial charge in [-0.2, -0.15) is 0 Å². The number of anilines is 1. The van der Waals surface area contributed by atoms with Crippen LogP contribution in [-0.2, 0) is 0 Å². The van der Waals surface area contributed by atoms with Crippen molar-refractivity contribution in [2.24, 2.45) is 0 Å². The highest BCUT2D eigenvalue weighted by Gasteiger charge is 2.17. The zero-order valence-corrected chi connectivity index (χ0v) is 10.9. The van der Waals surface area contributed by atoms with Crippen molar-refractivity contribution in [1.82, 2.24) is 4.98 Å². The van der Waals surface area contributed by atoms with E-state index in [2.05, 4.69) is 10.3 Å². The lowest BCUT2D eigenvalue weighted by atomic mass is 10.1. The van der Waals surface area contributed by atoms with Gasteiger partial charge in [-0.1, -0.05) is 19.1 Å². The van der Waals surface area contributed by atoms with Gasteiger partial charge in [0.15, 0.2) is 0 Å². The number of para-hydroxylation sites is 2. The molecule has 6 heteroatoms. The standard InChI is InChI=1S/C14H14FN3O2/c1-2-11(12-8-7-10(15)9-16-12)17-13-5-3-4-6-14(13)18(19)20/h3-9,11,17H,2H2,1H3. The van der Waals surface area contributed by atoms with E-state index >= 15 is 0 Å². The summed E-state index contributed by atoms with van der Waals surface area (Å²) in [5, 5.41) is 14.1. The number of aromatic nitrogens is 1. The molecule has 0 amide bonds. The fraction of sp³-hybridized carbons (Fsp3) is 0.214. The number of hydrogen-bond donors (Lipinski definition) is 1. The molecule has 1 N–H and O–H groups in total. The monoisotopic (exact) mass is 275 g/mol. The van der Waals surface area contributed by atoms with Crippen molar-refractivity contribution in [3.8, 4) is 0 Å². The molecule has 0 spiro atoms. The fourth-order valence-electron chi connectivity index (χ4n) is 1.92. The first kappa shape index (κ1) is 13.9. The first-order valence-electron chi connectivity index (χ1n) is 6.23. The summed E-state index contributed by atoms with van der Waals surface area (Å²) in [6.07, 6.45) is 1.81. The molecule has 2 aromatic rings. The third kappa shape index (κ3) is 3.09. The third-order valence-electron chi connectivity index (χ3n) is 2.95. The van der Waals surface area contributed by atoms with Gasteiger partial charge in [0.05, 0.1) is 22.9 Å². The number of nitrogens with one attached hydrogen (secondary N) is 1. The van der Waals surface area contributed by atoms with Crippen molar-refractivity contribution in [2.45, 2.75) is 19.4 Å². The maximum absolute atomic E-state index is 12.9. The van der Waals surface area contributed by atoms with Gasteiger partial charge in [-0.05, 0) is 24.6 Å². The van der Waals surface area contributed by atoms with E-state index in [0.29, 0.717) is 17.8 Å². The Morgan fingerprint density at radius 2 is 2.10 bits per heavy atom. The Kier molecular flexibility index (Phi) is 4.24. The van der Waals surface area contributed by atoms with Gasteiger partial charge < -0.3 is 5.32 Å². The Bertz CT molecular complexity index is 602. The normalized spacial score (nSPS) is 11.9. The molecule has 20 heavy (non-hydrogen) atoms. The molecule has 0 fully saturated rings. The van der Waals surface area contributed by atoms with Gasteiger partial charge in [0.1, 0.15) is 11.5 Å². The van der Waals surface area contributed by atoms with E-state index in [-0.39, 0.29) is 11.7 Å². The van der Waals surface area contributed by atoms with Crippen molar-refractivity contribution >= 4 is 11.4 Å². The number of nitro groups is 1. The van der Waals surface area contributed by atoms with Crippen molar-refractivity contribution in [1.29, 1.82) is 0 Å². The lowest BCUT2D eigenvalue weighted by molar-refractivity contribution is -0.384. The number of nitrogens with zero attached hydrogens (tertiary/aromatic N) is 2. The SMILES string of the molecule is CCC(Nc1ccccc1[N+](=O)[O-])c1ccc(F)cn1. The molecule has 0 aliphatic heterocycles. The predicted molar refractivity (Wildman–Crippen MR) is 73.9 cm³/mol. The molecular formula is C14H14FN3O2. The van der Waals surface area contributed by atoms with Crippen LogP contribution in [0.5, 0.6) is 0 Å². The molecule has 1 aromatic carbocycles. The maximum Gasteiger partial charge on any atom is 0.292 e. The minimum atomic E-state index is -0.437. The summed E-state index contributed by atoms with van der Waals surface area (Å²) in [6.45, 7) is 1.93. The molecule has 1 atom stereocenters. The molecule has 0 saturated carbocycles. The zero-order valence-electron chi connectivity index (χ0n) is 10.9. The summed E-state index contributed by atoms with van der Waals surface area (Å²) in [4.78, 5) is 14.5. The van der Waals surface area contributed by atoms with E-state index in [1.54, 1.807) is 24.3 Å². The lowest BCUT2D eigenvalue weighted by Gasteiger charge is -2.17. The third-order valence-corrected chi connectivity index (χ3v) is 2.95. The van der Waals surface area contributed by atoms with E-state index in [4.69, 9.17) is 0 Å². The lowest BCUT2D eigenvalue weighted by Crippen LogP contribution is -2.12. The largest absolute Gasteiger partial charge is 0.371 e. The second-order valence-corrected chi connectivity index (χ2v) is 4.28. The number of pyridine rings is 1. The van der Waals surface area contributed by atoms with Crippen LogP contribution in [0.2, 0.25) is 0 Å². The second-order valence-electron chi connectivity index (χ2n) is 4.28. The van der Waals surface area contributed by atoms with Crippen molar-refractivity contribution in [3.05, 3.63) is 64.2 Å². The Morgan fingerprint density at radius 1 is 1.35 bits per heavy atom. The van der Waals surface area contributed by atoms with Gasteiger partial charge in [-0.3, -0.25) is 15.1 Å². The van der Waals surface area contributed by atoms with Gasteiger partial charge in [-0.15, -0.1) is 0 Å². The Labute approximate surface area is 115 Å². The van der Waals surface area contributed by atoms with Crippen LogP contribution in [-0.4, -0.2) is 9.91 Å². The molecule has 0 bridgehead atoms. The van der Waals surface area contributed by atoms with Crippen LogP contribution >= 0.6 is 0 Å². The summed E-state index contributed by atoms with van der Waals surface area (Å²) in [5.41, 5.74) is 1.08. The molecule has 1 unspecified atom stereocenters. The molecule has 5 nitrogen and oxygen atoms in total. The smallest absolute Gasteiger partial charge is 0.292 e. The van der Waals surface area contributed by atoms with E-state index in [1.807, 2.05) is 6.92 Å². The molecule has 1 aromatic heterocycles. The summed E-state index contributed by atoms with van der Waals surface area (Å²) < 4.78 is 12.9. The molecule has 0 aliphatic rings. The molecule has 0 saturated heterocycles. The molecule has 2 rings (SSSR count). The topological polar surface area (TPSA) is 68.1 Å². The Balaban J connectivity index is 2.27. The van der Waals surface area contributed by atoms with Crippen LogP contribution in [0.25, 0.3) is 0 Å². The summed E-state index contributed by atoms with van der Waals surface area (Å²) in [7, 11) is 0. The van der Waals surface area contributed by atoms with E-state index in [0.717, 1.165) is 6.20 Å². The van der Waals surface area contributed by atoms with Gasteiger partial charge in [0.2, 0.25) is 0 Å². The van der Waals surface area contributed by atoms with Gasteiger partial charge in [-0.25, -0.2) is 4.39 Å². The predicted octanol–water partition coefficient (Wildman–Crippen LogP) is 3.69. The zero-order chi connectivity index (χ0) is 14.5. The van der Waals surface area contributed by atoms with Crippen LogP contribution in [0.1, 0.15) is 25.1 Å². The van der Waals surface area contributed by atoms with Gasteiger partial charge >= 0.3 is 0 Å². The number of halogens is 1. The number of nitro benzene ring substituents is 1. The van der Waals surface area contributed by atoms with Gasteiger partial charge in [0.25, 0.3) is 5.69 Å². The Morgan fingerprint density at radius 3 is 2.70 bits per heavy atom. The molecule has 104 valence electrons. The molecule has 0 radical (unpaired) electrons. The first-order valence-corrected chi connectivity index (χ1v) is 6.23. The van der Waals surface area contributed by atoms with E-state index in [1.165, 1.54) is 12.1 Å². The number of benzene rings is 1. The first-order chi connectivity index (χ1) is 9.61. The fourth-order valence-corrected chi connectivity index (χ4v) is 1.92. The summed E-state index contributed by atoms with van der Waals surface area (Å²) >= 11 is 0. The summed E-state index contributed by atoms with van der Waals surface area (Å²) in [6, 6.07) is 9.10. The minimum absolute atomic E-state index is 0.00746. The average molecular weight is 275 g/mol. The number of rotatable bonds is 5. The highest BCUT2D eigenvalue weighted by atomic mass is 19.1. The van der Waals surface area contributed by atoms with Crippen molar-refractivity contribution < 1.29 is 9.31 Å². The highest BCUT2D eigenvalue weighted by molar-refractivity contribution is 5.61. The quantitative estimate of drug-likeness (QED) is 0.667. The summed E-state index contributed by atoms with van der Waals surface area (Å²) in [5.74, 6) is -0.408. The highest BCUT2D eigenvalue weighted by Crippen LogP contribution is 2.28.